The first-order valence-electron chi connectivity index (χ1n) is 5.00. The molecule has 0 fully saturated rings. The molecule has 3 nitrogen and oxygen atoms in total. The molecular formula is C11H20O3. The van der Waals surface area contributed by atoms with Crippen LogP contribution in [0.15, 0.2) is 11.6 Å². The smallest absolute Gasteiger partial charge is 0.330 e. The average molecular weight is 200 g/mol. The van der Waals surface area contributed by atoms with Crippen LogP contribution in [0, 0.1) is 11.8 Å². The van der Waals surface area contributed by atoms with Crippen molar-refractivity contribution in [2.24, 2.45) is 11.8 Å². The van der Waals surface area contributed by atoms with Gasteiger partial charge in [-0.2, -0.15) is 0 Å². The van der Waals surface area contributed by atoms with Gasteiger partial charge in [0.25, 0.3) is 0 Å². The summed E-state index contributed by atoms with van der Waals surface area (Å²) in [6, 6.07) is 0. The van der Waals surface area contributed by atoms with Crippen molar-refractivity contribution in [3.8, 4) is 0 Å². The predicted molar refractivity (Wildman–Crippen MR) is 56.0 cm³/mol. The highest BCUT2D eigenvalue weighted by Crippen LogP contribution is 2.18. The average Bonchev–Trinajstić information content (AvgIpc) is 2.02. The van der Waals surface area contributed by atoms with Crippen LogP contribution in [0.5, 0.6) is 0 Å². The van der Waals surface area contributed by atoms with Gasteiger partial charge >= 0.3 is 5.97 Å². The zero-order valence-electron chi connectivity index (χ0n) is 9.16. The van der Waals surface area contributed by atoms with E-state index in [1.54, 1.807) is 13.0 Å². The second-order valence-electron chi connectivity index (χ2n) is 4.06. The molecule has 0 aliphatic heterocycles. The largest absolute Gasteiger partial charge is 0.478 e. The number of aliphatic hydroxyl groups excluding tert-OH is 1. The Labute approximate surface area is 85.4 Å². The number of hydrogen-bond acceptors (Lipinski definition) is 2. The van der Waals surface area contributed by atoms with Gasteiger partial charge in [-0.05, 0) is 31.6 Å². The van der Waals surface area contributed by atoms with Crippen molar-refractivity contribution in [1.29, 1.82) is 0 Å². The molecule has 0 heterocycles. The van der Waals surface area contributed by atoms with E-state index < -0.39 is 5.97 Å². The van der Waals surface area contributed by atoms with E-state index in [4.69, 9.17) is 10.2 Å². The molecule has 3 heteroatoms. The summed E-state index contributed by atoms with van der Waals surface area (Å²) >= 11 is 0. The Morgan fingerprint density at radius 3 is 2.36 bits per heavy atom. The highest BCUT2D eigenvalue weighted by molar-refractivity contribution is 5.85. The third-order valence-electron chi connectivity index (χ3n) is 2.10. The van der Waals surface area contributed by atoms with E-state index in [-0.39, 0.29) is 12.5 Å². The summed E-state index contributed by atoms with van der Waals surface area (Å²) in [6.07, 6.45) is 3.31. The lowest BCUT2D eigenvalue weighted by atomic mass is 9.92. The summed E-state index contributed by atoms with van der Waals surface area (Å²) in [5, 5.41) is 17.5. The summed E-state index contributed by atoms with van der Waals surface area (Å²) in [6.45, 7) is 5.89. The van der Waals surface area contributed by atoms with Gasteiger partial charge < -0.3 is 10.2 Å². The van der Waals surface area contributed by atoms with Gasteiger partial charge in [-0.1, -0.05) is 19.9 Å². The number of carboxylic acid groups (broad SMARTS) is 1. The molecular weight excluding hydrogens is 180 g/mol. The first-order chi connectivity index (χ1) is 6.47. The van der Waals surface area contributed by atoms with Crippen LogP contribution in [0.2, 0.25) is 0 Å². The first kappa shape index (κ1) is 13.2. The van der Waals surface area contributed by atoms with E-state index >= 15 is 0 Å². The fourth-order valence-electron chi connectivity index (χ4n) is 1.47. The molecule has 0 aromatic heterocycles. The Kier molecular flexibility index (Phi) is 6.21. The number of aliphatic hydroxyl groups is 1. The van der Waals surface area contributed by atoms with Crippen molar-refractivity contribution < 1.29 is 15.0 Å². The molecule has 0 aliphatic carbocycles. The van der Waals surface area contributed by atoms with Gasteiger partial charge in [0.2, 0.25) is 0 Å². The fraction of sp³-hybridized carbons (Fsp3) is 0.727. The third kappa shape index (κ3) is 5.75. The lowest BCUT2D eigenvalue weighted by Crippen LogP contribution is -2.07. The summed E-state index contributed by atoms with van der Waals surface area (Å²) < 4.78 is 0. The lowest BCUT2D eigenvalue weighted by Gasteiger charge is -2.14. The molecule has 1 unspecified atom stereocenters. The van der Waals surface area contributed by atoms with E-state index in [0.717, 1.165) is 6.42 Å². The van der Waals surface area contributed by atoms with Crippen molar-refractivity contribution in [1.82, 2.24) is 0 Å². The number of carbonyl (C=O) groups is 1. The molecule has 14 heavy (non-hydrogen) atoms. The van der Waals surface area contributed by atoms with Crippen LogP contribution < -0.4 is 0 Å². The Hall–Kier alpha value is -0.830. The van der Waals surface area contributed by atoms with Crippen LogP contribution in [-0.4, -0.2) is 22.8 Å². The van der Waals surface area contributed by atoms with Crippen molar-refractivity contribution >= 4 is 5.97 Å². The Balaban J connectivity index is 4.34. The van der Waals surface area contributed by atoms with Crippen LogP contribution in [0.4, 0.5) is 0 Å². The fourth-order valence-corrected chi connectivity index (χ4v) is 1.47. The second kappa shape index (κ2) is 6.60. The lowest BCUT2D eigenvalue weighted by molar-refractivity contribution is -0.132. The molecule has 0 aliphatic rings. The van der Waals surface area contributed by atoms with Crippen LogP contribution in [0.25, 0.3) is 0 Å². The zero-order chi connectivity index (χ0) is 11.1. The number of hydrogen-bond donors (Lipinski definition) is 2. The molecule has 82 valence electrons. The molecule has 0 saturated heterocycles. The molecule has 0 amide bonds. The zero-order valence-corrected chi connectivity index (χ0v) is 9.16. The van der Waals surface area contributed by atoms with E-state index in [1.165, 1.54) is 0 Å². The molecule has 0 bridgehead atoms. The van der Waals surface area contributed by atoms with Crippen LogP contribution in [0.3, 0.4) is 0 Å². The minimum absolute atomic E-state index is 0.112. The number of aliphatic carboxylic acids is 1. The van der Waals surface area contributed by atoms with Crippen LogP contribution >= 0.6 is 0 Å². The maximum Gasteiger partial charge on any atom is 0.330 e. The van der Waals surface area contributed by atoms with Gasteiger partial charge in [-0.25, -0.2) is 4.79 Å². The monoisotopic (exact) mass is 200 g/mol. The Morgan fingerprint density at radius 2 is 2.00 bits per heavy atom. The van der Waals surface area contributed by atoms with Crippen molar-refractivity contribution in [3.05, 3.63) is 11.6 Å². The van der Waals surface area contributed by atoms with Gasteiger partial charge in [0, 0.05) is 12.2 Å². The van der Waals surface area contributed by atoms with Gasteiger partial charge in [-0.3, -0.25) is 0 Å². The van der Waals surface area contributed by atoms with E-state index in [9.17, 15) is 4.79 Å². The maximum atomic E-state index is 10.6. The molecule has 0 rings (SSSR count). The second-order valence-corrected chi connectivity index (χ2v) is 4.06. The molecule has 2 N–H and O–H groups in total. The minimum Gasteiger partial charge on any atom is -0.478 e. The molecule has 0 radical (unpaired) electrons. The highest BCUT2D eigenvalue weighted by Gasteiger charge is 2.10. The minimum atomic E-state index is -0.878. The van der Waals surface area contributed by atoms with Gasteiger partial charge in [0.15, 0.2) is 0 Å². The normalized spacial score (nSPS) is 14.5. The molecule has 0 spiro atoms. The molecule has 0 saturated carbocycles. The number of allylic oxidation sites excluding steroid dienone is 1. The summed E-state index contributed by atoms with van der Waals surface area (Å²) in [4.78, 5) is 10.6. The van der Waals surface area contributed by atoms with E-state index in [2.05, 4.69) is 13.8 Å². The summed E-state index contributed by atoms with van der Waals surface area (Å²) in [5.41, 5.74) is 0.365. The number of carboxylic acids is 1. The van der Waals surface area contributed by atoms with Crippen molar-refractivity contribution in [2.45, 2.75) is 33.6 Å². The van der Waals surface area contributed by atoms with E-state index in [0.29, 0.717) is 17.9 Å². The number of rotatable bonds is 6. The van der Waals surface area contributed by atoms with E-state index in [1.807, 2.05) is 0 Å². The topological polar surface area (TPSA) is 57.5 Å². The highest BCUT2D eigenvalue weighted by atomic mass is 16.4. The molecule has 0 aromatic rings. The van der Waals surface area contributed by atoms with Gasteiger partial charge in [0.05, 0.1) is 0 Å². The van der Waals surface area contributed by atoms with Crippen LogP contribution in [0.1, 0.15) is 33.6 Å². The SMILES string of the molecule is CC(=CC(CCO)CC(C)C)C(=O)O. The molecule has 1 atom stereocenters. The summed E-state index contributed by atoms with van der Waals surface area (Å²) in [7, 11) is 0. The predicted octanol–water partition coefficient (Wildman–Crippen LogP) is 2.06. The Morgan fingerprint density at radius 1 is 1.43 bits per heavy atom. The maximum absolute atomic E-state index is 10.6. The Bertz CT molecular complexity index is 207. The third-order valence-corrected chi connectivity index (χ3v) is 2.10. The van der Waals surface area contributed by atoms with Crippen molar-refractivity contribution in [3.63, 3.8) is 0 Å². The van der Waals surface area contributed by atoms with Gasteiger partial charge in [0.1, 0.15) is 0 Å². The van der Waals surface area contributed by atoms with Gasteiger partial charge in [-0.15, -0.1) is 0 Å². The van der Waals surface area contributed by atoms with Crippen molar-refractivity contribution in [2.75, 3.05) is 6.61 Å². The summed E-state index contributed by atoms with van der Waals surface area (Å²) in [5.74, 6) is -0.183. The standard InChI is InChI=1S/C11H20O3/c1-8(2)6-10(4-5-12)7-9(3)11(13)14/h7-8,10,12H,4-6H2,1-3H3,(H,13,14). The quantitative estimate of drug-likeness (QED) is 0.645. The first-order valence-corrected chi connectivity index (χ1v) is 5.00. The molecule has 0 aromatic carbocycles. The van der Waals surface area contributed by atoms with Crippen LogP contribution in [-0.2, 0) is 4.79 Å².